The van der Waals surface area contributed by atoms with E-state index in [9.17, 15) is 18.3 Å². The number of benzene rings is 2. The predicted octanol–water partition coefficient (Wildman–Crippen LogP) is 2.52. The summed E-state index contributed by atoms with van der Waals surface area (Å²) in [6.45, 7) is 2.11. The molecule has 2 aromatic rings. The van der Waals surface area contributed by atoms with Gasteiger partial charge in [-0.05, 0) is 29.9 Å². The lowest BCUT2D eigenvalue weighted by Gasteiger charge is -2.31. The summed E-state index contributed by atoms with van der Waals surface area (Å²) < 4.78 is 27.5. The Kier molecular flexibility index (Phi) is 4.33. The van der Waals surface area contributed by atoms with E-state index in [1.165, 1.54) is 0 Å². The van der Waals surface area contributed by atoms with Gasteiger partial charge in [-0.1, -0.05) is 37.6 Å². The Morgan fingerprint density at radius 1 is 1.25 bits per heavy atom. The lowest BCUT2D eigenvalue weighted by atomic mass is 9.90. The summed E-state index contributed by atoms with van der Waals surface area (Å²) in [5.41, 5.74) is 1.90. The van der Waals surface area contributed by atoms with Crippen LogP contribution in [0.3, 0.4) is 0 Å². The average Bonchev–Trinajstić information content (AvgIpc) is 2.54. The fourth-order valence-corrected chi connectivity index (χ4v) is 3.49. The van der Waals surface area contributed by atoms with Crippen molar-refractivity contribution in [1.82, 2.24) is 5.06 Å². The highest BCUT2D eigenvalue weighted by molar-refractivity contribution is 7.85. The molecule has 1 atom stereocenters. The van der Waals surface area contributed by atoms with Crippen molar-refractivity contribution in [2.75, 3.05) is 6.26 Å². The van der Waals surface area contributed by atoms with E-state index in [-0.39, 0.29) is 0 Å². The first-order chi connectivity index (χ1) is 11.3. The Morgan fingerprint density at radius 3 is 2.67 bits per heavy atom. The van der Waals surface area contributed by atoms with Crippen LogP contribution in [-0.2, 0) is 20.8 Å². The van der Waals surface area contributed by atoms with Gasteiger partial charge in [-0.2, -0.15) is 13.5 Å². The number of aryl methyl sites for hydroxylation is 1. The predicted molar refractivity (Wildman–Crippen MR) is 89.6 cm³/mol. The molecule has 1 aliphatic rings. The minimum atomic E-state index is -3.94. The van der Waals surface area contributed by atoms with Crippen molar-refractivity contribution >= 4 is 26.8 Å². The van der Waals surface area contributed by atoms with Crippen LogP contribution in [0.2, 0.25) is 0 Å². The van der Waals surface area contributed by atoms with Crippen LogP contribution >= 0.6 is 0 Å². The van der Waals surface area contributed by atoms with Crippen molar-refractivity contribution < 1.29 is 22.6 Å². The molecule has 6 nitrogen and oxygen atoms in total. The van der Waals surface area contributed by atoms with Gasteiger partial charge in [-0.25, -0.2) is 0 Å². The number of hydrogen-bond donors (Lipinski definition) is 1. The quantitative estimate of drug-likeness (QED) is 0.897. The highest BCUT2D eigenvalue weighted by atomic mass is 32.2. The van der Waals surface area contributed by atoms with Crippen LogP contribution in [0, 0.1) is 0 Å². The molecule has 0 radical (unpaired) electrons. The minimum absolute atomic E-state index is 0.329. The first-order valence-corrected chi connectivity index (χ1v) is 9.61. The number of amides is 1. The smallest absolute Gasteiger partial charge is 0.285 e. The second-order valence-corrected chi connectivity index (χ2v) is 7.49. The van der Waals surface area contributed by atoms with E-state index in [2.05, 4.69) is 6.92 Å². The van der Waals surface area contributed by atoms with Crippen LogP contribution in [0.25, 0.3) is 10.8 Å². The van der Waals surface area contributed by atoms with Crippen molar-refractivity contribution in [3.63, 3.8) is 0 Å². The molecule has 1 amide bonds. The van der Waals surface area contributed by atoms with E-state index >= 15 is 0 Å². The third-order valence-corrected chi connectivity index (χ3v) is 4.54. The van der Waals surface area contributed by atoms with Crippen LogP contribution in [0.1, 0.15) is 47.5 Å². The number of unbranched alkanes of at least 4 members (excludes halogenated alkanes) is 1. The summed E-state index contributed by atoms with van der Waals surface area (Å²) in [6.07, 6.45) is 2.32. The van der Waals surface area contributed by atoms with Crippen molar-refractivity contribution in [3.8, 4) is 0 Å². The first kappa shape index (κ1) is 16.9. The number of aliphatic hydroxyl groups is 1. The minimum Gasteiger partial charge on any atom is -0.367 e. The number of carbonyl (C=O) groups excluding carboxylic acids is 1. The van der Waals surface area contributed by atoms with E-state index in [4.69, 9.17) is 4.28 Å². The van der Waals surface area contributed by atoms with Gasteiger partial charge in [-0.3, -0.25) is 4.79 Å². The van der Waals surface area contributed by atoms with Crippen molar-refractivity contribution in [1.29, 1.82) is 0 Å². The fourth-order valence-electron chi connectivity index (χ4n) is 3.05. The first-order valence-electron chi connectivity index (χ1n) is 7.79. The molecule has 1 aliphatic heterocycles. The third kappa shape index (κ3) is 2.90. The number of carbonyl (C=O) groups is 1. The largest absolute Gasteiger partial charge is 0.367 e. The Labute approximate surface area is 140 Å². The molecule has 1 N–H and O–H groups in total. The number of rotatable bonds is 5. The van der Waals surface area contributed by atoms with Gasteiger partial charge in [0.2, 0.25) is 0 Å². The zero-order valence-corrected chi connectivity index (χ0v) is 14.3. The Morgan fingerprint density at radius 2 is 2.00 bits per heavy atom. The summed E-state index contributed by atoms with van der Waals surface area (Å²) in [4.78, 5) is 12.6. The van der Waals surface area contributed by atoms with E-state index in [0.29, 0.717) is 21.6 Å². The van der Waals surface area contributed by atoms with Crippen molar-refractivity contribution in [2.45, 2.75) is 32.4 Å². The van der Waals surface area contributed by atoms with Gasteiger partial charge < -0.3 is 5.11 Å². The van der Waals surface area contributed by atoms with Crippen LogP contribution in [0.5, 0.6) is 0 Å². The summed E-state index contributed by atoms with van der Waals surface area (Å²) in [5, 5.41) is 12.5. The van der Waals surface area contributed by atoms with Gasteiger partial charge in [0, 0.05) is 10.9 Å². The molecule has 0 fully saturated rings. The summed E-state index contributed by atoms with van der Waals surface area (Å²) in [5.74, 6) is -0.668. The normalized spacial score (nSPS) is 17.5. The van der Waals surface area contributed by atoms with Gasteiger partial charge in [0.05, 0.1) is 11.8 Å². The van der Waals surface area contributed by atoms with Gasteiger partial charge in [0.1, 0.15) is 0 Å². The van der Waals surface area contributed by atoms with Gasteiger partial charge >= 0.3 is 0 Å². The Bertz CT molecular complexity index is 907. The molecule has 0 saturated heterocycles. The number of hydrogen-bond acceptors (Lipinski definition) is 5. The maximum absolute atomic E-state index is 12.6. The second kappa shape index (κ2) is 6.16. The summed E-state index contributed by atoms with van der Waals surface area (Å²) >= 11 is 0. The second-order valence-electron chi connectivity index (χ2n) is 5.93. The lowest BCUT2D eigenvalue weighted by Crippen LogP contribution is -2.39. The molecule has 24 heavy (non-hydrogen) atoms. The lowest BCUT2D eigenvalue weighted by molar-refractivity contribution is -0.135. The van der Waals surface area contributed by atoms with E-state index in [1.54, 1.807) is 18.2 Å². The highest BCUT2D eigenvalue weighted by Gasteiger charge is 2.36. The molecule has 0 aromatic heterocycles. The van der Waals surface area contributed by atoms with Crippen molar-refractivity contribution in [2.24, 2.45) is 0 Å². The SMILES string of the molecule is CCCCc1ccc2c3c(cccc13)C(=O)N(OS(C)(=O)=O)C2O. The molecule has 0 aliphatic carbocycles. The molecule has 1 unspecified atom stereocenters. The number of aliphatic hydroxyl groups excluding tert-OH is 1. The molecule has 2 aromatic carbocycles. The zero-order valence-electron chi connectivity index (χ0n) is 13.5. The monoisotopic (exact) mass is 349 g/mol. The van der Waals surface area contributed by atoms with Crippen LogP contribution in [0.4, 0.5) is 0 Å². The van der Waals surface area contributed by atoms with Gasteiger partial charge in [-0.15, -0.1) is 4.28 Å². The van der Waals surface area contributed by atoms with E-state index in [0.717, 1.165) is 36.5 Å². The standard InChI is InChI=1S/C17H19NO5S/c1-3-4-6-11-9-10-14-15-12(11)7-5-8-13(15)16(19)18(17(14)20)23-24(2,21)22/h5,7-10,17,20H,3-4,6H2,1-2H3. The molecule has 0 saturated carbocycles. The van der Waals surface area contributed by atoms with Crippen LogP contribution in [-0.4, -0.2) is 30.8 Å². The van der Waals surface area contributed by atoms with Crippen molar-refractivity contribution in [3.05, 3.63) is 47.0 Å². The average molecular weight is 349 g/mol. The maximum atomic E-state index is 12.6. The van der Waals surface area contributed by atoms with E-state index in [1.807, 2.05) is 12.1 Å². The molecular formula is C17H19NO5S. The maximum Gasteiger partial charge on any atom is 0.285 e. The molecule has 1 heterocycles. The molecule has 128 valence electrons. The molecule has 3 rings (SSSR count). The Balaban J connectivity index is 2.17. The van der Waals surface area contributed by atoms with Gasteiger partial charge in [0.25, 0.3) is 16.0 Å². The third-order valence-electron chi connectivity index (χ3n) is 4.11. The van der Waals surface area contributed by atoms with Crippen LogP contribution in [0.15, 0.2) is 30.3 Å². The van der Waals surface area contributed by atoms with Crippen LogP contribution < -0.4 is 0 Å². The Hall–Kier alpha value is -1.96. The van der Waals surface area contributed by atoms with Gasteiger partial charge in [0.15, 0.2) is 6.23 Å². The van der Waals surface area contributed by atoms with E-state index < -0.39 is 22.3 Å². The molecule has 7 heteroatoms. The topological polar surface area (TPSA) is 83.9 Å². The summed E-state index contributed by atoms with van der Waals surface area (Å²) in [6, 6.07) is 8.93. The fraction of sp³-hybridized carbons (Fsp3) is 0.353. The number of hydroxylamine groups is 2. The molecule has 0 spiro atoms. The highest BCUT2D eigenvalue weighted by Crippen LogP contribution is 2.37. The number of nitrogens with zero attached hydrogens (tertiary/aromatic N) is 1. The molecular weight excluding hydrogens is 330 g/mol. The summed E-state index contributed by atoms with van der Waals surface area (Å²) in [7, 11) is -3.94. The molecule has 0 bridgehead atoms. The zero-order chi connectivity index (χ0) is 17.5.